The lowest BCUT2D eigenvalue weighted by Gasteiger charge is -2.44. The molecule has 88 heavy (non-hydrogen) atoms. The number of likely N-dealkylation sites (tertiary alicyclic amines) is 1. The average Bonchev–Trinajstić information content (AvgIpc) is 1.56. The van der Waals surface area contributed by atoms with E-state index in [0.29, 0.717) is 69.3 Å². The molecule has 5 heterocycles. The summed E-state index contributed by atoms with van der Waals surface area (Å²) in [6.07, 6.45) is 20.5. The average molecular weight is 1200 g/mol. The number of nitrogens with two attached hydrogens (primary N) is 2. The SMILES string of the molecule is C/C1=C\CC[C@H](C)OC(=O)C[C@H](c2ccc(O)cc2)NC(=O)[C@@H](Cc2c[nH]c3ccccc23)N(C)C(=O)[C@H](CCCCN(N)/C=C(\N)CCCN2/C(=C/C=C/C=C/C34N(C)C(=O)CC3(C)c3ccccc3N4C)C(C)(C)c3ccccc32)NC(=O)[C@@H](C)C1. The highest BCUT2D eigenvalue weighted by atomic mass is 16.5. The molecule has 466 valence electrons. The second-order valence-corrected chi connectivity index (χ2v) is 25.4. The normalized spacial score (nSPS) is 26.0. The van der Waals surface area contributed by atoms with Gasteiger partial charge in [0.15, 0.2) is 0 Å². The first kappa shape index (κ1) is 63.9. The van der Waals surface area contributed by atoms with Gasteiger partial charge in [-0.3, -0.25) is 24.0 Å². The number of allylic oxidation sites excluding steroid dienone is 8. The number of hydrogen-bond acceptors (Lipinski definition) is 12. The number of rotatable bonds is 16. The second kappa shape index (κ2) is 27.2. The Balaban J connectivity index is 0.870. The van der Waals surface area contributed by atoms with Crippen LogP contribution < -0.4 is 32.0 Å². The Labute approximate surface area is 519 Å². The lowest BCUT2D eigenvalue weighted by Crippen LogP contribution is -2.59. The lowest BCUT2D eigenvalue weighted by molar-refractivity contribution is -0.149. The molecule has 4 aromatic carbocycles. The van der Waals surface area contributed by atoms with Crippen molar-refractivity contribution in [2.75, 3.05) is 44.0 Å². The molecule has 7 atom stereocenters. The van der Waals surface area contributed by atoms with E-state index in [2.05, 4.69) is 138 Å². The highest BCUT2D eigenvalue weighted by molar-refractivity contribution is 5.94. The third kappa shape index (κ3) is 13.4. The molecular weight excluding hydrogens is 1100 g/mol. The first-order chi connectivity index (χ1) is 42.0. The number of phenolic OH excluding ortho intramolecular Hbond substituents is 1. The number of benzene rings is 4. The second-order valence-electron chi connectivity index (χ2n) is 25.4. The molecule has 1 fully saturated rings. The number of aromatic hydroxyl groups is 1. The molecule has 4 amide bonds. The lowest BCUT2D eigenvalue weighted by atomic mass is 9.74. The minimum absolute atomic E-state index is 0.0272. The highest BCUT2D eigenvalue weighted by Gasteiger charge is 2.65. The van der Waals surface area contributed by atoms with Gasteiger partial charge in [-0.15, -0.1) is 0 Å². The van der Waals surface area contributed by atoms with Crippen LogP contribution in [0.3, 0.4) is 0 Å². The van der Waals surface area contributed by atoms with E-state index in [-0.39, 0.29) is 42.2 Å². The van der Waals surface area contributed by atoms with Crippen molar-refractivity contribution < 1.29 is 33.8 Å². The number of nitrogens with one attached hydrogen (secondary N) is 3. The van der Waals surface area contributed by atoms with Gasteiger partial charge in [0.25, 0.3) is 0 Å². The van der Waals surface area contributed by atoms with Crippen molar-refractivity contribution in [2.24, 2.45) is 17.5 Å². The zero-order chi connectivity index (χ0) is 63.1. The molecule has 2 unspecified atom stereocenters. The zero-order valence-corrected chi connectivity index (χ0v) is 52.7. The Morgan fingerprint density at radius 1 is 0.807 bits per heavy atom. The molecule has 1 aromatic heterocycles. The first-order valence-electron chi connectivity index (χ1n) is 31.1. The van der Waals surface area contributed by atoms with Crippen molar-refractivity contribution in [3.05, 3.63) is 185 Å². The molecule has 0 aliphatic carbocycles. The number of esters is 1. The van der Waals surface area contributed by atoms with Crippen LogP contribution in [-0.2, 0) is 46.0 Å². The highest BCUT2D eigenvalue weighted by Crippen LogP contribution is 2.58. The number of para-hydroxylation sites is 3. The van der Waals surface area contributed by atoms with Crippen LogP contribution in [0.4, 0.5) is 11.4 Å². The Morgan fingerprint density at radius 2 is 1.51 bits per heavy atom. The number of ether oxygens (including phenoxy) is 1. The number of fused-ring (bicyclic) bond motifs is 5. The number of H-pyrrole nitrogens is 1. The molecule has 0 bridgehead atoms. The van der Waals surface area contributed by atoms with Crippen LogP contribution in [0.25, 0.3) is 10.9 Å². The van der Waals surface area contributed by atoms with Crippen LogP contribution in [0, 0.1) is 5.92 Å². The molecule has 9 rings (SSSR count). The summed E-state index contributed by atoms with van der Waals surface area (Å²) in [6.45, 7) is 13.5. The number of anilines is 2. The van der Waals surface area contributed by atoms with Crippen molar-refractivity contribution in [2.45, 2.75) is 153 Å². The monoisotopic (exact) mass is 1190 g/mol. The number of carbonyl (C=O) groups is 5. The van der Waals surface area contributed by atoms with E-state index in [4.69, 9.17) is 16.3 Å². The van der Waals surface area contributed by atoms with Crippen LogP contribution in [0.15, 0.2) is 163 Å². The maximum absolute atomic E-state index is 15.1. The summed E-state index contributed by atoms with van der Waals surface area (Å²) in [5, 5.41) is 18.8. The molecule has 17 nitrogen and oxygen atoms in total. The third-order valence-corrected chi connectivity index (χ3v) is 18.8. The number of unbranched alkanes of at least 4 members (excludes halogenated alkanes) is 1. The van der Waals surface area contributed by atoms with E-state index in [1.165, 1.54) is 33.9 Å². The molecule has 17 heteroatoms. The summed E-state index contributed by atoms with van der Waals surface area (Å²) < 4.78 is 5.85. The molecule has 0 radical (unpaired) electrons. The Morgan fingerprint density at radius 3 is 2.27 bits per heavy atom. The molecule has 0 spiro atoms. The van der Waals surface area contributed by atoms with Crippen molar-refractivity contribution in [3.63, 3.8) is 0 Å². The maximum Gasteiger partial charge on any atom is 0.308 e. The predicted octanol–water partition coefficient (Wildman–Crippen LogP) is 10.4. The largest absolute Gasteiger partial charge is 0.508 e. The first-order valence-corrected chi connectivity index (χ1v) is 31.1. The van der Waals surface area contributed by atoms with Gasteiger partial charge in [0.05, 0.1) is 18.6 Å². The number of hydrazine groups is 1. The van der Waals surface area contributed by atoms with Gasteiger partial charge in [0, 0.05) is 110 Å². The summed E-state index contributed by atoms with van der Waals surface area (Å²) in [5.74, 6) is 4.55. The summed E-state index contributed by atoms with van der Waals surface area (Å²) in [5.41, 5.74) is 15.2. The van der Waals surface area contributed by atoms with Gasteiger partial charge in [-0.1, -0.05) is 124 Å². The molecular formula is C71H90N10O7. The van der Waals surface area contributed by atoms with Crippen molar-refractivity contribution in [1.82, 2.24) is 30.4 Å². The third-order valence-electron chi connectivity index (χ3n) is 18.8. The van der Waals surface area contributed by atoms with E-state index in [9.17, 15) is 24.3 Å². The van der Waals surface area contributed by atoms with Gasteiger partial charge in [-0.2, -0.15) is 0 Å². The summed E-state index contributed by atoms with van der Waals surface area (Å²) in [6, 6.07) is 28.0. The molecule has 0 saturated carbocycles. The van der Waals surface area contributed by atoms with Gasteiger partial charge in [-0.05, 0) is 130 Å². The fourth-order valence-corrected chi connectivity index (χ4v) is 13.9. The van der Waals surface area contributed by atoms with Crippen LogP contribution >= 0.6 is 0 Å². The maximum atomic E-state index is 15.1. The number of aromatic nitrogens is 1. The van der Waals surface area contributed by atoms with E-state index in [1.807, 2.05) is 63.2 Å². The smallest absolute Gasteiger partial charge is 0.308 e. The Kier molecular flexibility index (Phi) is 19.8. The zero-order valence-electron chi connectivity index (χ0n) is 52.7. The number of likely N-dealkylation sites (N-methyl/N-ethyl adjacent to an activating group) is 3. The van der Waals surface area contributed by atoms with E-state index < -0.39 is 59.0 Å². The van der Waals surface area contributed by atoms with Crippen LogP contribution in [0.2, 0.25) is 0 Å². The summed E-state index contributed by atoms with van der Waals surface area (Å²) in [4.78, 5) is 82.3. The van der Waals surface area contributed by atoms with Gasteiger partial charge in [0.2, 0.25) is 23.6 Å². The number of hydrogen-bond donors (Lipinski definition) is 6. The number of nitrogens with zero attached hydrogens (tertiary/aromatic N) is 5. The number of phenols is 1. The minimum atomic E-state index is -1.08. The fraction of sp³-hybridized carbons (Fsp3) is 0.423. The van der Waals surface area contributed by atoms with Crippen molar-refractivity contribution in [3.8, 4) is 5.75 Å². The Hall–Kier alpha value is -8.57. The number of cyclic esters (lactones) is 1. The number of carbonyl (C=O) groups excluding carboxylic acids is 5. The van der Waals surface area contributed by atoms with Gasteiger partial charge >= 0.3 is 5.97 Å². The predicted molar refractivity (Wildman–Crippen MR) is 348 cm³/mol. The van der Waals surface area contributed by atoms with Crippen LogP contribution in [0.1, 0.15) is 134 Å². The standard InChI is InChI=1S/C71H90N10O7/c1-47-23-21-24-49(3)88-65(84)43-59(50-34-36-53(82)37-35-50)76-67(86)62(42-51-45-74-57-29-15-12-26-54(51)57)77(7)68(87)58(75-66(85)48(2)41-47)30-18-20-39-80(73)46-52(72)25-22-40-81-61-32-17-13-27-55(61)69(4,5)63(81)33-11-10-19-38-71-70(6,44-64(83)79(71)9)56-28-14-16-31-60(56)78(71)8/h10-17,19,23,26-29,31-38,45-46,48-49,58-59,62,74,82H,18,20-22,24-25,30,39-44,72-73H2,1-9H3,(H,75,85)(H,76,86)/b11-10+,38-19+,47-23+,52-46-,63-33+/t48-,49-,58-,59+,62+,70?,71?/m0/s1. The van der Waals surface area contributed by atoms with Crippen LogP contribution in [-0.4, -0.2) is 113 Å². The molecule has 1 saturated heterocycles. The minimum Gasteiger partial charge on any atom is -0.508 e. The van der Waals surface area contributed by atoms with Crippen molar-refractivity contribution in [1.29, 1.82) is 0 Å². The van der Waals surface area contributed by atoms with Crippen LogP contribution in [0.5, 0.6) is 5.75 Å². The van der Waals surface area contributed by atoms with E-state index in [1.54, 1.807) is 30.4 Å². The van der Waals surface area contributed by atoms with Gasteiger partial charge in [-0.25, -0.2) is 5.84 Å². The Bertz CT molecular complexity index is 3530. The van der Waals surface area contributed by atoms with E-state index >= 15 is 4.79 Å². The summed E-state index contributed by atoms with van der Waals surface area (Å²) >= 11 is 0. The molecule has 8 N–H and O–H groups in total. The van der Waals surface area contributed by atoms with E-state index in [0.717, 1.165) is 39.8 Å². The number of amides is 4. The molecule has 4 aliphatic rings. The van der Waals surface area contributed by atoms with Gasteiger partial charge < -0.3 is 55.8 Å². The fourth-order valence-electron chi connectivity index (χ4n) is 13.9. The quantitative estimate of drug-likeness (QED) is 0.0136. The number of aromatic amines is 1. The molecule has 4 aliphatic heterocycles. The topological polar surface area (TPSA) is 223 Å². The van der Waals surface area contributed by atoms with Crippen molar-refractivity contribution >= 4 is 51.9 Å². The summed E-state index contributed by atoms with van der Waals surface area (Å²) in [7, 11) is 5.57. The van der Waals surface area contributed by atoms with Gasteiger partial charge in [0.1, 0.15) is 23.5 Å². The molecule has 5 aromatic rings.